The molecule has 0 fully saturated rings. The molecule has 0 bridgehead atoms. The first-order chi connectivity index (χ1) is 5.93. The molecule has 96 valence electrons. The molecule has 0 aromatic heterocycles. The molecule has 0 aliphatic rings. The summed E-state index contributed by atoms with van der Waals surface area (Å²) in [5.41, 5.74) is 0. The van der Waals surface area contributed by atoms with Crippen LogP contribution in [-0.4, -0.2) is 67.1 Å². The molecule has 0 amide bonds. The molecular formula is C9H26ClN3O2. The first-order valence-corrected chi connectivity index (χ1v) is 4.60. The Balaban J connectivity index is -0.000000720. The van der Waals surface area contributed by atoms with Gasteiger partial charge in [0.1, 0.15) is 0 Å². The van der Waals surface area contributed by atoms with Crippen LogP contribution in [0.25, 0.3) is 0 Å². The van der Waals surface area contributed by atoms with E-state index in [2.05, 4.69) is 9.80 Å². The van der Waals surface area contributed by atoms with Crippen molar-refractivity contribution in [2.75, 3.05) is 34.7 Å². The lowest BCUT2D eigenvalue weighted by molar-refractivity contribution is -0.0501. The molecule has 0 radical (unpaired) electrons. The molecule has 0 aliphatic carbocycles. The van der Waals surface area contributed by atoms with Crippen LogP contribution >= 0.6 is 12.4 Å². The van der Waals surface area contributed by atoms with Crippen LogP contribution < -0.4 is 6.15 Å². The van der Waals surface area contributed by atoms with E-state index < -0.39 is 6.29 Å². The Hall–Kier alpha value is 0.0900. The van der Waals surface area contributed by atoms with Crippen molar-refractivity contribution in [2.24, 2.45) is 0 Å². The molecule has 0 heterocycles. The van der Waals surface area contributed by atoms with Gasteiger partial charge in [0.05, 0.1) is 0 Å². The smallest absolute Gasteiger partial charge is 0.151 e. The molecule has 15 heavy (non-hydrogen) atoms. The van der Waals surface area contributed by atoms with Crippen LogP contribution in [0.3, 0.4) is 0 Å². The number of aliphatic hydroxyl groups excluding tert-OH is 1. The van der Waals surface area contributed by atoms with E-state index in [1.54, 1.807) is 0 Å². The molecule has 0 aromatic rings. The average Bonchev–Trinajstić information content (AvgIpc) is 1.96. The molecule has 5 N–H and O–H groups in total. The lowest BCUT2D eigenvalue weighted by atomic mass is 10.1. The lowest BCUT2D eigenvalue weighted by Gasteiger charge is -2.27. The summed E-state index contributed by atoms with van der Waals surface area (Å²) in [5, 5.41) is 17.5. The zero-order valence-electron chi connectivity index (χ0n) is 10.2. The van der Waals surface area contributed by atoms with Gasteiger partial charge in [-0.1, -0.05) is 0 Å². The van der Waals surface area contributed by atoms with Crippen LogP contribution in [0.5, 0.6) is 0 Å². The third kappa shape index (κ3) is 12.0. The van der Waals surface area contributed by atoms with E-state index in [0.29, 0.717) is 12.5 Å². The third-order valence-corrected chi connectivity index (χ3v) is 2.06. The Morgan fingerprint density at radius 1 is 1.00 bits per heavy atom. The minimum absolute atomic E-state index is 0. The summed E-state index contributed by atoms with van der Waals surface area (Å²) in [6, 6.07) is 0.386. The van der Waals surface area contributed by atoms with E-state index in [1.807, 2.05) is 28.2 Å². The minimum atomic E-state index is -1.18. The Morgan fingerprint density at radius 3 is 1.73 bits per heavy atom. The van der Waals surface area contributed by atoms with Crippen LogP contribution in [0.15, 0.2) is 0 Å². The van der Waals surface area contributed by atoms with Gasteiger partial charge in [-0.2, -0.15) is 0 Å². The van der Waals surface area contributed by atoms with Crippen molar-refractivity contribution in [3.8, 4) is 0 Å². The van der Waals surface area contributed by atoms with Gasteiger partial charge in [-0.05, 0) is 41.0 Å². The number of likely N-dealkylation sites (N-methyl/N-ethyl adjacent to an activating group) is 2. The molecule has 0 spiro atoms. The topological polar surface area (TPSA) is 81.9 Å². The van der Waals surface area contributed by atoms with Gasteiger partial charge < -0.3 is 26.2 Å². The van der Waals surface area contributed by atoms with Gasteiger partial charge in [0.25, 0.3) is 0 Å². The second-order valence-electron chi connectivity index (χ2n) is 3.94. The standard InChI is InChI=1S/C9H22N2O2.ClH.H3N/c1-10(2)7-8(11(3)4)5-6-9(12)13;;/h8-9,12-13H,5-7H2,1-4H3;1H;1H3. The van der Waals surface area contributed by atoms with Crippen molar-refractivity contribution in [1.82, 2.24) is 16.0 Å². The minimum Gasteiger partial charge on any atom is -0.368 e. The molecule has 0 aliphatic heterocycles. The van der Waals surface area contributed by atoms with E-state index in [9.17, 15) is 0 Å². The maximum Gasteiger partial charge on any atom is 0.151 e. The SMILES string of the molecule is CN(C)CC(CCC(O)O)N(C)C.Cl.N. The Bertz CT molecular complexity index is 135. The van der Waals surface area contributed by atoms with E-state index in [0.717, 1.165) is 13.0 Å². The van der Waals surface area contributed by atoms with Gasteiger partial charge >= 0.3 is 0 Å². The van der Waals surface area contributed by atoms with Crippen molar-refractivity contribution in [3.63, 3.8) is 0 Å². The summed E-state index contributed by atoms with van der Waals surface area (Å²) >= 11 is 0. The van der Waals surface area contributed by atoms with Crippen molar-refractivity contribution >= 4 is 12.4 Å². The summed E-state index contributed by atoms with van der Waals surface area (Å²) in [5.74, 6) is 0. The number of nitrogens with zero attached hydrogens (tertiary/aromatic N) is 2. The highest BCUT2D eigenvalue weighted by Crippen LogP contribution is 2.05. The lowest BCUT2D eigenvalue weighted by Crippen LogP contribution is -2.37. The molecule has 0 rings (SSSR count). The summed E-state index contributed by atoms with van der Waals surface area (Å²) in [6.07, 6.45) is 0.0733. The fourth-order valence-corrected chi connectivity index (χ4v) is 1.28. The molecule has 0 saturated carbocycles. The molecule has 1 unspecified atom stereocenters. The highest BCUT2D eigenvalue weighted by molar-refractivity contribution is 5.85. The van der Waals surface area contributed by atoms with E-state index in [-0.39, 0.29) is 18.6 Å². The van der Waals surface area contributed by atoms with Crippen molar-refractivity contribution in [3.05, 3.63) is 0 Å². The predicted molar refractivity (Wildman–Crippen MR) is 65.8 cm³/mol. The van der Waals surface area contributed by atoms with E-state index in [1.165, 1.54) is 0 Å². The normalized spacial score (nSPS) is 12.6. The molecule has 0 aromatic carbocycles. The molecule has 6 heteroatoms. The maximum absolute atomic E-state index is 8.74. The first-order valence-electron chi connectivity index (χ1n) is 4.60. The van der Waals surface area contributed by atoms with Crippen LogP contribution in [0.1, 0.15) is 12.8 Å². The van der Waals surface area contributed by atoms with Crippen LogP contribution in [0, 0.1) is 0 Å². The fourth-order valence-electron chi connectivity index (χ4n) is 1.28. The molecule has 0 saturated heterocycles. The highest BCUT2D eigenvalue weighted by Gasteiger charge is 2.13. The Morgan fingerprint density at radius 2 is 1.47 bits per heavy atom. The quantitative estimate of drug-likeness (QED) is 0.579. The second-order valence-corrected chi connectivity index (χ2v) is 3.94. The van der Waals surface area contributed by atoms with Crippen LogP contribution in [0.2, 0.25) is 0 Å². The molecule has 1 atom stereocenters. The third-order valence-electron chi connectivity index (χ3n) is 2.06. The van der Waals surface area contributed by atoms with Gasteiger partial charge in [0.15, 0.2) is 6.29 Å². The van der Waals surface area contributed by atoms with Crippen molar-refractivity contribution in [2.45, 2.75) is 25.2 Å². The maximum atomic E-state index is 8.74. The number of halogens is 1. The van der Waals surface area contributed by atoms with Gasteiger partial charge in [-0.25, -0.2) is 0 Å². The summed E-state index contributed by atoms with van der Waals surface area (Å²) in [6.45, 7) is 0.944. The number of rotatable bonds is 6. The van der Waals surface area contributed by atoms with Crippen LogP contribution in [-0.2, 0) is 0 Å². The average molecular weight is 244 g/mol. The van der Waals surface area contributed by atoms with Gasteiger partial charge in [0.2, 0.25) is 0 Å². The second kappa shape index (κ2) is 10.6. The highest BCUT2D eigenvalue weighted by atomic mass is 35.5. The van der Waals surface area contributed by atoms with Gasteiger partial charge in [-0.15, -0.1) is 12.4 Å². The van der Waals surface area contributed by atoms with Gasteiger partial charge in [-0.3, -0.25) is 0 Å². The van der Waals surface area contributed by atoms with Gasteiger partial charge in [0, 0.05) is 12.6 Å². The Labute approximate surface area is 99.1 Å². The van der Waals surface area contributed by atoms with Crippen molar-refractivity contribution < 1.29 is 10.2 Å². The Kier molecular flexibility index (Phi) is 14.5. The van der Waals surface area contributed by atoms with Crippen molar-refractivity contribution in [1.29, 1.82) is 0 Å². The van der Waals surface area contributed by atoms with Crippen LogP contribution in [0.4, 0.5) is 0 Å². The van der Waals surface area contributed by atoms with E-state index >= 15 is 0 Å². The first kappa shape index (κ1) is 20.5. The number of hydrogen-bond donors (Lipinski definition) is 3. The zero-order chi connectivity index (χ0) is 10.4. The number of aliphatic hydroxyl groups is 2. The van der Waals surface area contributed by atoms with E-state index in [4.69, 9.17) is 10.2 Å². The summed E-state index contributed by atoms with van der Waals surface area (Å²) in [7, 11) is 8.06. The monoisotopic (exact) mass is 243 g/mol. The molecule has 5 nitrogen and oxygen atoms in total. The molecular weight excluding hydrogens is 218 g/mol. The summed E-state index contributed by atoms with van der Waals surface area (Å²) < 4.78 is 0. The number of hydrogen-bond acceptors (Lipinski definition) is 5. The fraction of sp³-hybridized carbons (Fsp3) is 1.00. The summed E-state index contributed by atoms with van der Waals surface area (Å²) in [4.78, 5) is 4.22. The zero-order valence-corrected chi connectivity index (χ0v) is 11.0. The largest absolute Gasteiger partial charge is 0.368 e. The predicted octanol–water partition coefficient (Wildman–Crippen LogP) is 0.153.